The number of aryl methyl sites for hydroxylation is 2. The molecule has 1 aromatic heterocycles. The number of hydrogen-bond donors (Lipinski definition) is 8. The number of aromatic hydroxyl groups is 1. The summed E-state index contributed by atoms with van der Waals surface area (Å²) in [5, 5.41) is 72.5. The Bertz CT molecular complexity index is 2140. The van der Waals surface area contributed by atoms with Crippen molar-refractivity contribution < 1.29 is 63.7 Å². The lowest BCUT2D eigenvalue weighted by Gasteiger charge is -2.48. The van der Waals surface area contributed by atoms with Gasteiger partial charge in [0.1, 0.15) is 36.2 Å². The summed E-state index contributed by atoms with van der Waals surface area (Å²) < 4.78 is 25.6. The van der Waals surface area contributed by atoms with Crippen LogP contribution in [0.2, 0.25) is 0 Å². The molecule has 0 radical (unpaired) electrons. The topological polar surface area (TPSA) is 273 Å². The molecule has 3 aliphatic rings. The predicted octanol–water partition coefficient (Wildman–Crippen LogP) is 3.89. The monoisotopic (exact) mass is 894 g/mol. The number of rotatable bonds is 14. The van der Waals surface area contributed by atoms with Crippen LogP contribution in [0.4, 0.5) is 10.5 Å². The van der Waals surface area contributed by atoms with Crippen LogP contribution in [0.5, 0.6) is 5.75 Å². The molecule has 3 amide bonds. The maximum Gasteiger partial charge on any atom is 0.412 e. The number of benzene rings is 2. The molecule has 0 spiro atoms. The van der Waals surface area contributed by atoms with Crippen LogP contribution in [-0.2, 0) is 35.1 Å². The molecule has 8 atom stereocenters. The number of carboxylic acid groups (broad SMARTS) is 1. The predicted molar refractivity (Wildman–Crippen MR) is 229 cm³/mol. The molecule has 19 nitrogen and oxygen atoms in total. The van der Waals surface area contributed by atoms with Crippen molar-refractivity contribution in [3.8, 4) is 5.75 Å². The van der Waals surface area contributed by atoms with E-state index in [1.165, 1.54) is 16.8 Å². The minimum atomic E-state index is -2.30. The van der Waals surface area contributed by atoms with Gasteiger partial charge in [0, 0.05) is 42.8 Å². The maximum absolute atomic E-state index is 13.6. The highest BCUT2D eigenvalue weighted by Gasteiger charge is 2.58. The Morgan fingerprint density at radius 2 is 1.69 bits per heavy atom. The normalized spacial score (nSPS) is 25.8. The van der Waals surface area contributed by atoms with Gasteiger partial charge < -0.3 is 55.1 Å². The smallest absolute Gasteiger partial charge is 0.412 e. The molecule has 64 heavy (non-hydrogen) atoms. The van der Waals surface area contributed by atoms with E-state index in [1.807, 2.05) is 0 Å². The van der Waals surface area contributed by atoms with Crippen molar-refractivity contribution in [3.05, 3.63) is 70.5 Å². The summed E-state index contributed by atoms with van der Waals surface area (Å²) in [4.78, 5) is 52.9. The Morgan fingerprint density at radius 1 is 1.00 bits per heavy atom. The highest BCUT2D eigenvalue weighted by molar-refractivity contribution is 5.95. The summed E-state index contributed by atoms with van der Waals surface area (Å²) in [7, 11) is 0. The maximum atomic E-state index is 13.6. The number of nitrogens with zero attached hydrogens (tertiary/aromatic N) is 3. The fourth-order valence-electron chi connectivity index (χ4n) is 8.77. The molecule has 1 saturated carbocycles. The molecule has 2 aromatic carbocycles. The first-order valence-electron chi connectivity index (χ1n) is 21.7. The highest BCUT2D eigenvalue weighted by Crippen LogP contribution is 2.45. The summed E-state index contributed by atoms with van der Waals surface area (Å²) in [6.45, 7) is 10.8. The number of aromatic nitrogens is 3. The molecule has 2 saturated heterocycles. The van der Waals surface area contributed by atoms with Gasteiger partial charge in [0.05, 0.1) is 30.0 Å². The van der Waals surface area contributed by atoms with Crippen LogP contribution in [0.25, 0.3) is 0 Å². The Hall–Kier alpha value is -5.18. The molecule has 0 bridgehead atoms. The first kappa shape index (κ1) is 48.3. The van der Waals surface area contributed by atoms with Crippen LogP contribution in [0.3, 0.4) is 0 Å². The van der Waals surface area contributed by atoms with Gasteiger partial charge in [-0.2, -0.15) is 0 Å². The van der Waals surface area contributed by atoms with E-state index in [2.05, 4.69) is 26.3 Å². The SMILES string of the molecule is Cc1cc(C(=O)NC[C@@H](O)[C@@H](O)[C@@H]2O[C@@](CC3OC(C)(C)O[C@H]3c3cccc(NC(=O)OC(C)(C)C)c3)(C(=O)O)C[C@H](O)[C@H]2NC(=O)Cn2cc(C3CCCCC3)nn2)cc(C)c1O. The van der Waals surface area contributed by atoms with Crippen LogP contribution in [0.15, 0.2) is 42.6 Å². The molecule has 2 aliphatic heterocycles. The number of aliphatic carboxylic acids is 1. The van der Waals surface area contributed by atoms with Crippen molar-refractivity contribution in [2.24, 2.45) is 0 Å². The molecule has 3 heterocycles. The van der Waals surface area contributed by atoms with Crippen molar-refractivity contribution in [3.63, 3.8) is 0 Å². The van der Waals surface area contributed by atoms with Gasteiger partial charge in [-0.15, -0.1) is 5.10 Å². The standard InChI is InChI=1S/C45H62N6O13/c1-24-16-28(17-25(2)36(24)55)40(57)46-21-32(53)37(56)39-35(48-34(54)23-51-22-30(49-50-51)26-12-9-8-10-13-26)31(52)19-45(63-39,41(58)59)20-33-38(62-44(6,7)61-33)27-14-11-15-29(18-27)47-42(60)64-43(3,4)5/h11,14-18,22,26,31-33,35,37-39,52-53,55-56H,8-10,12-13,19-21,23H2,1-7H3,(H,46,57)(H,47,60)(H,48,54)(H,58,59)/t31-,32+,33?,35+,37+,38-,39+,45-/m0/s1. The number of carboxylic acids is 1. The molecular formula is C45H62N6O13. The number of carbonyl (C=O) groups is 4. The Balaban J connectivity index is 1.25. The highest BCUT2D eigenvalue weighted by atomic mass is 16.8. The molecule has 3 aromatic rings. The number of anilines is 1. The Labute approximate surface area is 371 Å². The van der Waals surface area contributed by atoms with E-state index < -0.39 is 103 Å². The van der Waals surface area contributed by atoms with Gasteiger partial charge in [0.2, 0.25) is 5.91 Å². The number of phenolic OH excluding ortho intramolecular Hbond substituents is 1. The lowest BCUT2D eigenvalue weighted by atomic mass is 9.79. The van der Waals surface area contributed by atoms with Gasteiger partial charge in [0.25, 0.3) is 5.91 Å². The van der Waals surface area contributed by atoms with Crippen molar-refractivity contribution in [1.29, 1.82) is 0 Å². The van der Waals surface area contributed by atoms with E-state index in [-0.39, 0.29) is 23.8 Å². The summed E-state index contributed by atoms with van der Waals surface area (Å²) in [6, 6.07) is 8.10. The lowest BCUT2D eigenvalue weighted by Crippen LogP contribution is -2.68. The number of carbonyl (C=O) groups excluding carboxylic acids is 3. The van der Waals surface area contributed by atoms with Gasteiger partial charge >= 0.3 is 12.1 Å². The fraction of sp³-hybridized carbons (Fsp3) is 0.600. The second-order valence-corrected chi connectivity index (χ2v) is 18.7. The zero-order valence-electron chi connectivity index (χ0n) is 37.4. The third kappa shape index (κ3) is 11.7. The van der Waals surface area contributed by atoms with Crippen LogP contribution >= 0.6 is 0 Å². The van der Waals surface area contributed by atoms with E-state index in [1.54, 1.807) is 78.9 Å². The summed E-state index contributed by atoms with van der Waals surface area (Å²) in [6.07, 6.45) is -4.02. The Kier molecular flexibility index (Phi) is 14.7. The third-order valence-corrected chi connectivity index (χ3v) is 11.8. The average molecular weight is 895 g/mol. The van der Waals surface area contributed by atoms with Crippen LogP contribution in [-0.4, -0.2) is 124 Å². The van der Waals surface area contributed by atoms with Gasteiger partial charge in [-0.25, -0.2) is 14.3 Å². The molecular weight excluding hydrogens is 833 g/mol. The summed E-state index contributed by atoms with van der Waals surface area (Å²) in [5.74, 6) is -3.82. The van der Waals surface area contributed by atoms with Gasteiger partial charge in [-0.1, -0.05) is 36.6 Å². The molecule has 19 heteroatoms. The largest absolute Gasteiger partial charge is 0.507 e. The molecule has 6 rings (SSSR count). The van der Waals surface area contributed by atoms with E-state index in [0.717, 1.165) is 37.8 Å². The molecule has 1 aliphatic carbocycles. The molecule has 1 unspecified atom stereocenters. The van der Waals surface area contributed by atoms with E-state index in [0.29, 0.717) is 22.4 Å². The van der Waals surface area contributed by atoms with Crippen LogP contribution in [0, 0.1) is 13.8 Å². The average Bonchev–Trinajstić information content (AvgIpc) is 3.81. The van der Waals surface area contributed by atoms with E-state index in [4.69, 9.17) is 18.9 Å². The van der Waals surface area contributed by atoms with Crippen LogP contribution in [0.1, 0.15) is 124 Å². The number of phenols is 1. The fourth-order valence-corrected chi connectivity index (χ4v) is 8.77. The number of amides is 3. The van der Waals surface area contributed by atoms with Gasteiger partial charge in [0.15, 0.2) is 11.4 Å². The third-order valence-electron chi connectivity index (χ3n) is 11.8. The molecule has 350 valence electrons. The molecule has 3 fully saturated rings. The lowest BCUT2D eigenvalue weighted by molar-refractivity contribution is -0.236. The zero-order chi connectivity index (χ0) is 46.7. The van der Waals surface area contributed by atoms with E-state index in [9.17, 15) is 44.7 Å². The number of nitrogens with one attached hydrogen (secondary N) is 3. The van der Waals surface area contributed by atoms with Crippen molar-refractivity contribution >= 4 is 29.6 Å². The molecule has 8 N–H and O–H groups in total. The number of aliphatic hydroxyl groups excluding tert-OH is 3. The first-order valence-corrected chi connectivity index (χ1v) is 21.7. The van der Waals surface area contributed by atoms with Crippen molar-refractivity contribution in [2.75, 3.05) is 11.9 Å². The van der Waals surface area contributed by atoms with Crippen molar-refractivity contribution in [2.45, 2.75) is 166 Å². The van der Waals surface area contributed by atoms with Gasteiger partial charge in [-0.05, 0) is 102 Å². The summed E-state index contributed by atoms with van der Waals surface area (Å²) in [5.41, 5.74) is -0.342. The van der Waals surface area contributed by atoms with Gasteiger partial charge in [-0.3, -0.25) is 14.9 Å². The number of aliphatic hydroxyl groups is 3. The number of hydrogen-bond acceptors (Lipinski definition) is 14. The van der Waals surface area contributed by atoms with E-state index >= 15 is 0 Å². The second kappa shape index (κ2) is 19.5. The summed E-state index contributed by atoms with van der Waals surface area (Å²) >= 11 is 0. The quantitative estimate of drug-likeness (QED) is 0.114. The minimum absolute atomic E-state index is 0.0247. The van der Waals surface area contributed by atoms with Crippen LogP contribution < -0.4 is 16.0 Å². The van der Waals surface area contributed by atoms with Crippen molar-refractivity contribution in [1.82, 2.24) is 25.6 Å². The number of ether oxygens (including phenoxy) is 4. The zero-order valence-corrected chi connectivity index (χ0v) is 37.4. The Morgan fingerprint density at radius 3 is 2.34 bits per heavy atom. The first-order chi connectivity index (χ1) is 30.0. The second-order valence-electron chi connectivity index (χ2n) is 18.7. The minimum Gasteiger partial charge on any atom is -0.507 e.